The van der Waals surface area contributed by atoms with Crippen LogP contribution < -0.4 is 5.32 Å². The van der Waals surface area contributed by atoms with Crippen LogP contribution in [0.15, 0.2) is 17.0 Å². The van der Waals surface area contributed by atoms with E-state index in [1.165, 1.54) is 0 Å². The van der Waals surface area contributed by atoms with Gasteiger partial charge in [-0.1, -0.05) is 12.8 Å². The van der Waals surface area contributed by atoms with E-state index in [1.54, 1.807) is 11.4 Å². The highest BCUT2D eigenvalue weighted by molar-refractivity contribution is 7.89. The number of nitrogens with zero attached hydrogens (tertiary/aromatic N) is 1. The van der Waals surface area contributed by atoms with Crippen molar-refractivity contribution in [1.82, 2.24) is 4.31 Å². The second-order valence-corrected chi connectivity index (χ2v) is 7.58. The number of nitrogens with one attached hydrogen (secondary N) is 1. The fraction of sp³-hybridized carbons (Fsp3) is 0.600. The average molecular weight is 296 g/mol. The van der Waals surface area contributed by atoms with Crippen molar-refractivity contribution < 1.29 is 8.42 Å². The maximum Gasteiger partial charge on any atom is 0.243 e. The average Bonchev–Trinajstić information content (AvgIpc) is 2.90. The molecule has 0 spiro atoms. The highest BCUT2D eigenvalue weighted by Gasteiger charge is 2.32. The summed E-state index contributed by atoms with van der Waals surface area (Å²) < 4.78 is 27.3. The quantitative estimate of drug-likeness (QED) is 0.929. The molecule has 4 nitrogen and oxygen atoms in total. The Kier molecular flexibility index (Phi) is 4.39. The molecule has 1 aliphatic rings. The molecule has 0 heterocycles. The lowest BCUT2D eigenvalue weighted by Crippen LogP contribution is -2.35. The molecule has 0 saturated heterocycles. The Balaban J connectivity index is 2.43. The third-order valence-corrected chi connectivity index (χ3v) is 6.44. The molecule has 5 heteroatoms. The van der Waals surface area contributed by atoms with Gasteiger partial charge in [0.2, 0.25) is 10.0 Å². The van der Waals surface area contributed by atoms with Gasteiger partial charge >= 0.3 is 0 Å². The largest absolute Gasteiger partial charge is 0.388 e. The molecule has 1 aromatic rings. The monoisotopic (exact) mass is 296 g/mol. The van der Waals surface area contributed by atoms with E-state index in [1.807, 2.05) is 33.0 Å². The summed E-state index contributed by atoms with van der Waals surface area (Å²) in [6.07, 6.45) is 4.20. The van der Waals surface area contributed by atoms with Crippen molar-refractivity contribution in [2.75, 3.05) is 19.4 Å². The Morgan fingerprint density at radius 1 is 1.15 bits per heavy atom. The molecule has 1 aromatic carbocycles. The zero-order valence-electron chi connectivity index (χ0n) is 12.7. The topological polar surface area (TPSA) is 49.4 Å². The molecule has 20 heavy (non-hydrogen) atoms. The molecule has 1 N–H and O–H groups in total. The molecule has 1 fully saturated rings. The highest BCUT2D eigenvalue weighted by atomic mass is 32.2. The van der Waals surface area contributed by atoms with Gasteiger partial charge in [0.1, 0.15) is 0 Å². The fourth-order valence-corrected chi connectivity index (χ4v) is 4.93. The first kappa shape index (κ1) is 15.3. The summed E-state index contributed by atoms with van der Waals surface area (Å²) >= 11 is 0. The number of aryl methyl sites for hydroxylation is 2. The first-order valence-electron chi connectivity index (χ1n) is 7.15. The van der Waals surface area contributed by atoms with Gasteiger partial charge in [-0.25, -0.2) is 8.42 Å². The Morgan fingerprint density at radius 3 is 2.10 bits per heavy atom. The summed E-state index contributed by atoms with van der Waals surface area (Å²) in [6, 6.07) is 3.94. The predicted octanol–water partition coefficient (Wildman–Crippen LogP) is 2.91. The van der Waals surface area contributed by atoms with E-state index < -0.39 is 10.0 Å². The zero-order chi connectivity index (χ0) is 14.9. The van der Waals surface area contributed by atoms with Gasteiger partial charge in [0.05, 0.1) is 4.90 Å². The van der Waals surface area contributed by atoms with E-state index in [4.69, 9.17) is 0 Å². The normalized spacial score (nSPS) is 16.9. The van der Waals surface area contributed by atoms with Crippen LogP contribution in [0.4, 0.5) is 5.69 Å². The van der Waals surface area contributed by atoms with Crippen molar-refractivity contribution in [3.63, 3.8) is 0 Å². The lowest BCUT2D eigenvalue weighted by Gasteiger charge is -2.25. The minimum atomic E-state index is -3.40. The van der Waals surface area contributed by atoms with E-state index in [2.05, 4.69) is 5.32 Å². The van der Waals surface area contributed by atoms with Crippen LogP contribution in [0, 0.1) is 13.8 Å². The van der Waals surface area contributed by atoms with E-state index in [-0.39, 0.29) is 6.04 Å². The van der Waals surface area contributed by atoms with Gasteiger partial charge in [-0.3, -0.25) is 0 Å². The molecular formula is C15H24N2O2S. The Hall–Kier alpha value is -1.07. The summed E-state index contributed by atoms with van der Waals surface area (Å²) in [6.45, 7) is 3.73. The van der Waals surface area contributed by atoms with Crippen LogP contribution in [0.25, 0.3) is 0 Å². The number of hydrogen-bond donors (Lipinski definition) is 1. The van der Waals surface area contributed by atoms with Crippen LogP contribution in [-0.2, 0) is 10.0 Å². The second kappa shape index (κ2) is 5.74. The number of benzene rings is 1. The maximum absolute atomic E-state index is 12.9. The molecule has 0 atom stereocenters. The predicted molar refractivity (Wildman–Crippen MR) is 82.7 cm³/mol. The first-order chi connectivity index (χ1) is 9.37. The molecule has 0 aromatic heterocycles. The molecule has 1 saturated carbocycles. The zero-order valence-corrected chi connectivity index (χ0v) is 13.5. The summed E-state index contributed by atoms with van der Waals surface area (Å²) in [5, 5.41) is 3.06. The van der Waals surface area contributed by atoms with E-state index in [0.717, 1.165) is 42.5 Å². The van der Waals surface area contributed by atoms with Crippen molar-refractivity contribution in [3.8, 4) is 0 Å². The minimum Gasteiger partial charge on any atom is -0.388 e. The molecule has 1 aliphatic carbocycles. The van der Waals surface area contributed by atoms with Crippen LogP contribution in [-0.4, -0.2) is 32.9 Å². The van der Waals surface area contributed by atoms with Crippen LogP contribution in [0.5, 0.6) is 0 Å². The van der Waals surface area contributed by atoms with Crippen LogP contribution >= 0.6 is 0 Å². The Labute approximate surface area is 122 Å². The van der Waals surface area contributed by atoms with Gasteiger partial charge in [-0.05, 0) is 49.9 Å². The van der Waals surface area contributed by atoms with Crippen molar-refractivity contribution in [2.24, 2.45) is 0 Å². The van der Waals surface area contributed by atoms with Gasteiger partial charge in [-0.2, -0.15) is 4.31 Å². The molecule has 0 bridgehead atoms. The maximum atomic E-state index is 12.9. The molecule has 0 unspecified atom stereocenters. The van der Waals surface area contributed by atoms with Crippen molar-refractivity contribution in [1.29, 1.82) is 0 Å². The summed E-state index contributed by atoms with van der Waals surface area (Å²) in [4.78, 5) is 0.464. The van der Waals surface area contributed by atoms with E-state index in [9.17, 15) is 8.42 Å². The van der Waals surface area contributed by atoms with Crippen LogP contribution in [0.3, 0.4) is 0 Å². The van der Waals surface area contributed by atoms with Crippen molar-refractivity contribution in [2.45, 2.75) is 50.5 Å². The number of hydrogen-bond acceptors (Lipinski definition) is 3. The molecule has 0 radical (unpaired) electrons. The highest BCUT2D eigenvalue weighted by Crippen LogP contribution is 2.31. The smallest absolute Gasteiger partial charge is 0.243 e. The lowest BCUT2D eigenvalue weighted by molar-refractivity contribution is 0.372. The van der Waals surface area contributed by atoms with Gasteiger partial charge in [0, 0.05) is 25.8 Å². The molecule has 0 amide bonds. The second-order valence-electron chi connectivity index (χ2n) is 5.65. The summed E-state index contributed by atoms with van der Waals surface area (Å²) in [7, 11) is 0.156. The van der Waals surface area contributed by atoms with Gasteiger partial charge in [-0.15, -0.1) is 0 Å². The third-order valence-electron chi connectivity index (χ3n) is 4.23. The lowest BCUT2D eigenvalue weighted by atomic mass is 10.1. The third kappa shape index (κ3) is 2.69. The van der Waals surface area contributed by atoms with Gasteiger partial charge < -0.3 is 5.32 Å². The van der Waals surface area contributed by atoms with Crippen molar-refractivity contribution in [3.05, 3.63) is 23.3 Å². The molecule has 0 aliphatic heterocycles. The molecule has 2 rings (SSSR count). The SMILES string of the molecule is CNc1cc(C)c(S(=O)(=O)N(C)C2CCCC2)c(C)c1. The van der Waals surface area contributed by atoms with Crippen LogP contribution in [0.1, 0.15) is 36.8 Å². The Morgan fingerprint density at radius 2 is 1.65 bits per heavy atom. The first-order valence-corrected chi connectivity index (χ1v) is 8.59. The minimum absolute atomic E-state index is 0.155. The Bertz CT molecular complexity index is 567. The summed E-state index contributed by atoms with van der Waals surface area (Å²) in [5.74, 6) is 0. The fourth-order valence-electron chi connectivity index (χ4n) is 3.11. The molecular weight excluding hydrogens is 272 g/mol. The standard InChI is InChI=1S/C15H24N2O2S/c1-11-9-13(16-3)10-12(2)15(11)20(18,19)17(4)14-7-5-6-8-14/h9-10,14,16H,5-8H2,1-4H3. The number of rotatable bonds is 4. The summed E-state index contributed by atoms with van der Waals surface area (Å²) in [5.41, 5.74) is 2.56. The van der Waals surface area contributed by atoms with Gasteiger partial charge in [0.25, 0.3) is 0 Å². The van der Waals surface area contributed by atoms with Gasteiger partial charge in [0.15, 0.2) is 0 Å². The van der Waals surface area contributed by atoms with Crippen molar-refractivity contribution >= 4 is 15.7 Å². The molecule has 112 valence electrons. The number of sulfonamides is 1. The number of anilines is 1. The van der Waals surface area contributed by atoms with E-state index >= 15 is 0 Å². The van der Waals surface area contributed by atoms with Crippen LogP contribution in [0.2, 0.25) is 0 Å². The van der Waals surface area contributed by atoms with E-state index in [0.29, 0.717) is 4.90 Å².